The Kier molecular flexibility index (Phi) is 6.22. The molecule has 0 heterocycles. The molecule has 0 aliphatic heterocycles. The van der Waals surface area contributed by atoms with Crippen molar-refractivity contribution in [2.24, 2.45) is 0 Å². The second kappa shape index (κ2) is 7.98. The van der Waals surface area contributed by atoms with Crippen LogP contribution < -0.4 is 9.47 Å². The molecule has 2 rings (SSSR count). The molecule has 0 aliphatic rings. The Labute approximate surface area is 150 Å². The van der Waals surface area contributed by atoms with Crippen LogP contribution in [0.3, 0.4) is 0 Å². The van der Waals surface area contributed by atoms with Crippen molar-refractivity contribution < 1.29 is 31.8 Å². The van der Waals surface area contributed by atoms with Crippen LogP contribution in [0.1, 0.15) is 10.4 Å². The van der Waals surface area contributed by atoms with Crippen molar-refractivity contribution >= 4 is 38.1 Å². The number of carbonyl (C=O) groups is 1. The lowest BCUT2D eigenvalue weighted by molar-refractivity contribution is -0.0515. The monoisotopic (exact) mass is 470 g/mol. The summed E-state index contributed by atoms with van der Waals surface area (Å²) in [7, 11) is 0. The van der Waals surface area contributed by atoms with E-state index in [1.165, 1.54) is 30.3 Å². The fourth-order valence-electron chi connectivity index (χ4n) is 2.03. The molecule has 2 aromatic carbocycles. The summed E-state index contributed by atoms with van der Waals surface area (Å²) in [6, 6.07) is 6.85. The lowest BCUT2D eigenvalue weighted by Crippen LogP contribution is -2.08. The van der Waals surface area contributed by atoms with E-state index in [-0.39, 0.29) is 26.9 Å². The normalized spacial score (nSPS) is 11.0. The van der Waals surface area contributed by atoms with Gasteiger partial charge in [0.15, 0.2) is 6.29 Å². The molecule has 0 saturated heterocycles. The van der Waals surface area contributed by atoms with Crippen molar-refractivity contribution in [3.63, 3.8) is 0 Å². The number of rotatable bonds is 6. The molecule has 2 aromatic rings. The van der Waals surface area contributed by atoms with Crippen LogP contribution in [0.15, 0.2) is 39.3 Å². The zero-order valence-corrected chi connectivity index (χ0v) is 14.8. The molecule has 0 radical (unpaired) electrons. The Morgan fingerprint density at radius 1 is 0.958 bits per heavy atom. The predicted octanol–water partition coefficient (Wildman–Crippen LogP) is 5.89. The summed E-state index contributed by atoms with van der Waals surface area (Å²) >= 11 is 6.28. The van der Waals surface area contributed by atoms with Gasteiger partial charge in [0.25, 0.3) is 0 Å². The van der Waals surface area contributed by atoms with Gasteiger partial charge in [0.1, 0.15) is 11.5 Å². The van der Waals surface area contributed by atoms with Crippen molar-refractivity contribution in [1.29, 1.82) is 0 Å². The molecule has 0 fully saturated rings. The van der Waals surface area contributed by atoms with Gasteiger partial charge in [-0.3, -0.25) is 4.79 Å². The zero-order chi connectivity index (χ0) is 17.9. The fourth-order valence-corrected chi connectivity index (χ4v) is 2.90. The molecule has 0 atom stereocenters. The maximum atomic E-state index is 12.7. The SMILES string of the molecule is O=Cc1ccc(Br)c(-c2ccc(Br)cc2OC(F)F)c1OC(F)F. The zero-order valence-electron chi connectivity index (χ0n) is 11.6. The number of alkyl halides is 4. The summed E-state index contributed by atoms with van der Waals surface area (Å²) < 4.78 is 60.4. The molecule has 24 heavy (non-hydrogen) atoms. The smallest absolute Gasteiger partial charge is 0.387 e. The summed E-state index contributed by atoms with van der Waals surface area (Å²) in [5.74, 6) is -0.696. The van der Waals surface area contributed by atoms with E-state index in [1.54, 1.807) is 0 Å². The van der Waals surface area contributed by atoms with Crippen LogP contribution in [0.2, 0.25) is 0 Å². The molecule has 0 spiro atoms. The molecule has 0 unspecified atom stereocenters. The number of benzene rings is 2. The second-order valence-corrected chi connectivity index (χ2v) is 6.13. The molecule has 0 aromatic heterocycles. The average Bonchev–Trinajstić information content (AvgIpc) is 2.48. The predicted molar refractivity (Wildman–Crippen MR) is 85.9 cm³/mol. The highest BCUT2D eigenvalue weighted by atomic mass is 79.9. The Morgan fingerprint density at radius 3 is 2.21 bits per heavy atom. The molecule has 0 aliphatic carbocycles. The number of aldehydes is 1. The third kappa shape index (κ3) is 4.27. The van der Waals surface area contributed by atoms with E-state index in [9.17, 15) is 22.4 Å². The topological polar surface area (TPSA) is 35.5 Å². The Hall–Kier alpha value is -1.61. The number of hydrogen-bond donors (Lipinski definition) is 0. The first-order chi connectivity index (χ1) is 11.3. The summed E-state index contributed by atoms with van der Waals surface area (Å²) in [6.07, 6.45) is 0.333. The van der Waals surface area contributed by atoms with Gasteiger partial charge in [-0.25, -0.2) is 0 Å². The molecule has 9 heteroatoms. The average molecular weight is 472 g/mol. The minimum absolute atomic E-state index is 0.00282. The third-order valence-corrected chi connectivity index (χ3v) is 4.05. The van der Waals surface area contributed by atoms with Crippen molar-refractivity contribution in [1.82, 2.24) is 0 Å². The van der Waals surface area contributed by atoms with Crippen LogP contribution in [0.25, 0.3) is 11.1 Å². The lowest BCUT2D eigenvalue weighted by atomic mass is 10.0. The van der Waals surface area contributed by atoms with Gasteiger partial charge in [-0.05, 0) is 30.3 Å². The number of ether oxygens (including phenoxy) is 2. The highest BCUT2D eigenvalue weighted by Crippen LogP contribution is 2.44. The molecule has 128 valence electrons. The van der Waals surface area contributed by atoms with Gasteiger partial charge in [-0.15, -0.1) is 0 Å². The van der Waals surface area contributed by atoms with E-state index in [2.05, 4.69) is 41.3 Å². The van der Waals surface area contributed by atoms with Crippen molar-refractivity contribution in [3.05, 3.63) is 44.8 Å². The fraction of sp³-hybridized carbons (Fsp3) is 0.133. The van der Waals surface area contributed by atoms with Crippen molar-refractivity contribution in [2.45, 2.75) is 13.2 Å². The van der Waals surface area contributed by atoms with Gasteiger partial charge in [-0.1, -0.05) is 31.9 Å². The molecular formula is C15H8Br2F4O3. The van der Waals surface area contributed by atoms with Crippen molar-refractivity contribution in [3.8, 4) is 22.6 Å². The Balaban J connectivity index is 2.73. The molecule has 0 saturated carbocycles. The van der Waals surface area contributed by atoms with Crippen LogP contribution in [0.4, 0.5) is 17.6 Å². The first kappa shape index (κ1) is 18.7. The highest BCUT2D eigenvalue weighted by Gasteiger charge is 2.22. The minimum atomic E-state index is -3.20. The Bertz CT molecular complexity index is 754. The summed E-state index contributed by atoms with van der Waals surface area (Å²) in [4.78, 5) is 11.1. The first-order valence-corrected chi connectivity index (χ1v) is 7.89. The van der Waals surface area contributed by atoms with E-state index >= 15 is 0 Å². The van der Waals surface area contributed by atoms with E-state index < -0.39 is 19.0 Å². The van der Waals surface area contributed by atoms with Gasteiger partial charge in [-0.2, -0.15) is 17.6 Å². The largest absolute Gasteiger partial charge is 0.434 e. The first-order valence-electron chi connectivity index (χ1n) is 6.30. The maximum Gasteiger partial charge on any atom is 0.387 e. The van der Waals surface area contributed by atoms with E-state index in [1.807, 2.05) is 0 Å². The maximum absolute atomic E-state index is 12.7. The number of hydrogen-bond acceptors (Lipinski definition) is 3. The Morgan fingerprint density at radius 2 is 1.62 bits per heavy atom. The third-order valence-electron chi connectivity index (χ3n) is 2.90. The van der Waals surface area contributed by atoms with Gasteiger partial charge in [0.2, 0.25) is 0 Å². The van der Waals surface area contributed by atoms with Crippen LogP contribution in [-0.4, -0.2) is 19.5 Å². The number of halogens is 6. The highest BCUT2D eigenvalue weighted by molar-refractivity contribution is 9.10. The molecule has 0 bridgehead atoms. The van der Waals surface area contributed by atoms with Crippen LogP contribution in [0, 0.1) is 0 Å². The van der Waals surface area contributed by atoms with Gasteiger partial charge in [0.05, 0.1) is 5.56 Å². The van der Waals surface area contributed by atoms with Crippen molar-refractivity contribution in [2.75, 3.05) is 0 Å². The number of carbonyl (C=O) groups excluding carboxylic acids is 1. The molecule has 0 N–H and O–H groups in total. The summed E-state index contributed by atoms with van der Waals surface area (Å²) in [5.41, 5.74) is -0.0906. The minimum Gasteiger partial charge on any atom is -0.434 e. The van der Waals surface area contributed by atoms with Crippen LogP contribution in [-0.2, 0) is 0 Å². The van der Waals surface area contributed by atoms with E-state index in [0.717, 1.165) is 0 Å². The summed E-state index contributed by atoms with van der Waals surface area (Å²) in [6.45, 7) is -6.32. The van der Waals surface area contributed by atoms with Gasteiger partial charge >= 0.3 is 13.2 Å². The molecular weight excluding hydrogens is 464 g/mol. The lowest BCUT2D eigenvalue weighted by Gasteiger charge is -2.17. The van der Waals surface area contributed by atoms with Gasteiger partial charge in [0, 0.05) is 20.1 Å². The van der Waals surface area contributed by atoms with Gasteiger partial charge < -0.3 is 9.47 Å². The van der Waals surface area contributed by atoms with Crippen LogP contribution >= 0.6 is 31.9 Å². The standard InChI is InChI=1S/C15H8Br2F4O3/c16-8-2-3-9(11(5-8)23-14(18)19)12-10(17)4-1-7(6-22)13(12)24-15(20)21/h1-6,14-15H. The molecule has 0 amide bonds. The van der Waals surface area contributed by atoms with Crippen LogP contribution in [0.5, 0.6) is 11.5 Å². The van der Waals surface area contributed by atoms with E-state index in [4.69, 9.17) is 0 Å². The quantitative estimate of drug-likeness (QED) is 0.389. The van der Waals surface area contributed by atoms with E-state index in [0.29, 0.717) is 10.8 Å². The molecule has 3 nitrogen and oxygen atoms in total. The summed E-state index contributed by atoms with van der Waals surface area (Å²) in [5, 5.41) is 0. The second-order valence-electron chi connectivity index (χ2n) is 4.36.